The number of rotatable bonds is 5. The van der Waals surface area contributed by atoms with Crippen LogP contribution in [-0.2, 0) is 4.79 Å². The van der Waals surface area contributed by atoms with Crippen LogP contribution in [0.3, 0.4) is 0 Å². The number of nitrogens with zero attached hydrogens (tertiary/aromatic N) is 4. The van der Waals surface area contributed by atoms with E-state index in [1.807, 2.05) is 0 Å². The zero-order chi connectivity index (χ0) is 17.8. The maximum absolute atomic E-state index is 12.2. The summed E-state index contributed by atoms with van der Waals surface area (Å²) in [5.74, 6) is 0.171. The van der Waals surface area contributed by atoms with Gasteiger partial charge in [-0.25, -0.2) is 9.48 Å². The van der Waals surface area contributed by atoms with Gasteiger partial charge in [0.2, 0.25) is 0 Å². The first-order valence-electron chi connectivity index (χ1n) is 7.20. The van der Waals surface area contributed by atoms with Crippen molar-refractivity contribution in [3.8, 4) is 17.2 Å². The number of halogens is 2. The van der Waals surface area contributed by atoms with E-state index in [9.17, 15) is 4.79 Å². The predicted octanol–water partition coefficient (Wildman–Crippen LogP) is 3.34. The minimum atomic E-state index is -0.849. The molecule has 25 heavy (non-hydrogen) atoms. The van der Waals surface area contributed by atoms with Crippen molar-refractivity contribution in [3.05, 3.63) is 58.8 Å². The van der Waals surface area contributed by atoms with Crippen molar-refractivity contribution in [1.82, 2.24) is 20.2 Å². The molecule has 0 N–H and O–H groups in total. The van der Waals surface area contributed by atoms with Gasteiger partial charge in [0, 0.05) is 5.02 Å². The van der Waals surface area contributed by atoms with Crippen LogP contribution in [0.25, 0.3) is 5.69 Å². The van der Waals surface area contributed by atoms with Crippen LogP contribution in [0.1, 0.15) is 6.92 Å². The molecule has 1 aromatic heterocycles. The highest BCUT2D eigenvalue weighted by atomic mass is 35.5. The summed E-state index contributed by atoms with van der Waals surface area (Å²) in [6, 6.07) is 11.5. The molecule has 128 valence electrons. The molecule has 0 aliphatic carbocycles. The maximum Gasteiger partial charge on any atom is 0.352 e. The number of benzene rings is 2. The normalized spacial score (nSPS) is 11.8. The van der Waals surface area contributed by atoms with E-state index < -0.39 is 12.1 Å². The number of tetrazole rings is 1. The molecule has 1 unspecified atom stereocenters. The van der Waals surface area contributed by atoms with Crippen LogP contribution in [0, 0.1) is 0 Å². The quantitative estimate of drug-likeness (QED) is 0.500. The van der Waals surface area contributed by atoms with Crippen LogP contribution in [0.2, 0.25) is 10.0 Å². The molecule has 1 heterocycles. The van der Waals surface area contributed by atoms with E-state index in [0.29, 0.717) is 21.5 Å². The van der Waals surface area contributed by atoms with Gasteiger partial charge in [-0.2, -0.15) is 0 Å². The molecule has 0 saturated carbocycles. The van der Waals surface area contributed by atoms with Gasteiger partial charge >= 0.3 is 5.97 Å². The third-order valence-electron chi connectivity index (χ3n) is 3.20. The van der Waals surface area contributed by atoms with Gasteiger partial charge in [-0.05, 0) is 59.8 Å². The topological polar surface area (TPSA) is 79.1 Å². The summed E-state index contributed by atoms with van der Waals surface area (Å²) in [5, 5.41) is 11.7. The molecule has 0 amide bonds. The third kappa shape index (κ3) is 4.26. The monoisotopic (exact) mass is 378 g/mol. The molecule has 3 rings (SSSR count). The molecular weight excluding hydrogens is 367 g/mol. The highest BCUT2D eigenvalue weighted by Crippen LogP contribution is 2.28. The SMILES string of the molecule is CC(Oc1ccc(Cl)cc1Cl)C(=O)Oc1ccc(-n2cnnn2)cc1. The zero-order valence-electron chi connectivity index (χ0n) is 13.0. The number of carbonyl (C=O) groups excluding carboxylic acids is 1. The summed E-state index contributed by atoms with van der Waals surface area (Å²) in [4.78, 5) is 12.2. The Kier molecular flexibility index (Phi) is 5.16. The van der Waals surface area contributed by atoms with Crippen LogP contribution in [-0.4, -0.2) is 32.3 Å². The number of esters is 1. The van der Waals surface area contributed by atoms with Crippen molar-refractivity contribution in [1.29, 1.82) is 0 Å². The van der Waals surface area contributed by atoms with E-state index in [1.54, 1.807) is 43.3 Å². The van der Waals surface area contributed by atoms with E-state index in [-0.39, 0.29) is 0 Å². The second-order valence-corrected chi connectivity index (χ2v) is 5.85. The van der Waals surface area contributed by atoms with Gasteiger partial charge in [0.1, 0.15) is 17.8 Å². The van der Waals surface area contributed by atoms with E-state index >= 15 is 0 Å². The molecule has 0 radical (unpaired) electrons. The summed E-state index contributed by atoms with van der Waals surface area (Å²) in [6.45, 7) is 1.57. The van der Waals surface area contributed by atoms with Gasteiger partial charge in [0.05, 0.1) is 10.7 Å². The van der Waals surface area contributed by atoms with Gasteiger partial charge in [-0.3, -0.25) is 0 Å². The fraction of sp³-hybridized carbons (Fsp3) is 0.125. The van der Waals surface area contributed by atoms with Crippen molar-refractivity contribution in [2.75, 3.05) is 0 Å². The average Bonchev–Trinajstić information content (AvgIpc) is 3.12. The van der Waals surface area contributed by atoms with Gasteiger partial charge < -0.3 is 9.47 Å². The second kappa shape index (κ2) is 7.50. The first-order chi connectivity index (χ1) is 12.0. The minimum absolute atomic E-state index is 0.318. The number of hydrogen-bond donors (Lipinski definition) is 0. The first-order valence-corrected chi connectivity index (χ1v) is 7.95. The lowest BCUT2D eigenvalue weighted by molar-refractivity contribution is -0.141. The zero-order valence-corrected chi connectivity index (χ0v) is 14.5. The van der Waals surface area contributed by atoms with Crippen molar-refractivity contribution in [2.24, 2.45) is 0 Å². The minimum Gasteiger partial charge on any atom is -0.477 e. The molecule has 7 nitrogen and oxygen atoms in total. The Labute approximate surface area is 153 Å². The Morgan fingerprint density at radius 1 is 1.16 bits per heavy atom. The van der Waals surface area contributed by atoms with Crippen LogP contribution in [0.5, 0.6) is 11.5 Å². The molecule has 0 fully saturated rings. The highest BCUT2D eigenvalue weighted by molar-refractivity contribution is 6.35. The summed E-state index contributed by atoms with van der Waals surface area (Å²) >= 11 is 11.9. The molecule has 0 saturated heterocycles. The van der Waals surface area contributed by atoms with Crippen LogP contribution < -0.4 is 9.47 Å². The lowest BCUT2D eigenvalue weighted by Gasteiger charge is -2.15. The number of hydrogen-bond acceptors (Lipinski definition) is 6. The maximum atomic E-state index is 12.2. The van der Waals surface area contributed by atoms with Gasteiger partial charge in [0.15, 0.2) is 6.10 Å². The Hall–Kier alpha value is -2.64. The molecule has 2 aromatic carbocycles. The smallest absolute Gasteiger partial charge is 0.352 e. The van der Waals surface area contributed by atoms with Gasteiger partial charge in [0.25, 0.3) is 0 Å². The summed E-state index contributed by atoms with van der Waals surface area (Å²) in [5.41, 5.74) is 0.738. The van der Waals surface area contributed by atoms with Crippen molar-refractivity contribution in [3.63, 3.8) is 0 Å². The predicted molar refractivity (Wildman–Crippen MR) is 91.3 cm³/mol. The molecule has 9 heteroatoms. The van der Waals surface area contributed by atoms with Crippen molar-refractivity contribution in [2.45, 2.75) is 13.0 Å². The Bertz CT molecular complexity index is 870. The summed E-state index contributed by atoms with van der Waals surface area (Å²) in [7, 11) is 0. The molecular formula is C16H12Cl2N4O3. The lowest BCUT2D eigenvalue weighted by atomic mass is 10.3. The molecule has 3 aromatic rings. The van der Waals surface area contributed by atoms with E-state index in [1.165, 1.54) is 17.1 Å². The molecule has 1 atom stereocenters. The molecule has 0 aliphatic heterocycles. The number of carbonyl (C=O) groups is 1. The van der Waals surface area contributed by atoms with Crippen LogP contribution in [0.4, 0.5) is 0 Å². The molecule has 0 spiro atoms. The van der Waals surface area contributed by atoms with E-state index in [4.69, 9.17) is 32.7 Å². The van der Waals surface area contributed by atoms with Gasteiger partial charge in [-0.1, -0.05) is 23.2 Å². The fourth-order valence-electron chi connectivity index (χ4n) is 1.95. The Morgan fingerprint density at radius 2 is 1.92 bits per heavy atom. The van der Waals surface area contributed by atoms with Crippen LogP contribution in [0.15, 0.2) is 48.8 Å². The Balaban J connectivity index is 1.63. The Morgan fingerprint density at radius 3 is 2.56 bits per heavy atom. The van der Waals surface area contributed by atoms with E-state index in [2.05, 4.69) is 15.5 Å². The number of ether oxygens (including phenoxy) is 2. The van der Waals surface area contributed by atoms with Crippen molar-refractivity contribution >= 4 is 29.2 Å². The highest BCUT2D eigenvalue weighted by Gasteiger charge is 2.18. The molecule has 0 aliphatic rings. The van der Waals surface area contributed by atoms with Gasteiger partial charge in [-0.15, -0.1) is 5.10 Å². The fourth-order valence-corrected chi connectivity index (χ4v) is 2.41. The molecule has 0 bridgehead atoms. The lowest BCUT2D eigenvalue weighted by Crippen LogP contribution is -2.28. The third-order valence-corrected chi connectivity index (χ3v) is 3.73. The van der Waals surface area contributed by atoms with Crippen LogP contribution >= 0.6 is 23.2 Å². The van der Waals surface area contributed by atoms with E-state index in [0.717, 1.165) is 5.69 Å². The average molecular weight is 379 g/mol. The number of aromatic nitrogens is 4. The summed E-state index contributed by atoms with van der Waals surface area (Å²) in [6.07, 6.45) is 0.616. The second-order valence-electron chi connectivity index (χ2n) is 5.00. The first kappa shape index (κ1) is 17.2. The largest absolute Gasteiger partial charge is 0.477 e. The standard InChI is InChI=1S/C16H12Cl2N4O3/c1-10(24-15-7-2-11(17)8-14(15)18)16(23)25-13-5-3-12(4-6-13)22-9-19-20-21-22/h2-10H,1H3. The van der Waals surface area contributed by atoms with Crippen molar-refractivity contribution < 1.29 is 14.3 Å². The summed E-state index contributed by atoms with van der Waals surface area (Å²) < 4.78 is 12.3.